The molecule has 1 aliphatic heterocycles. The van der Waals surface area contributed by atoms with Gasteiger partial charge in [0, 0.05) is 24.7 Å². The van der Waals surface area contributed by atoms with E-state index in [4.69, 9.17) is 0 Å². The molecular formula is C18H24F2N2O3. The maximum Gasteiger partial charge on any atom is 0.307 e. The van der Waals surface area contributed by atoms with E-state index in [1.54, 1.807) is 6.92 Å². The Morgan fingerprint density at radius 3 is 2.56 bits per heavy atom. The Morgan fingerprint density at radius 1 is 1.32 bits per heavy atom. The highest BCUT2D eigenvalue weighted by Crippen LogP contribution is 2.21. The lowest BCUT2D eigenvalue weighted by atomic mass is 9.90. The first kappa shape index (κ1) is 19.3. The SMILES string of the molecule is CC1CC(C(=O)O)CN(CC(=O)NC(C)Cc2c(F)cccc2F)C1. The van der Waals surface area contributed by atoms with Crippen molar-refractivity contribution in [1.82, 2.24) is 10.2 Å². The Balaban J connectivity index is 1.88. The molecule has 1 aromatic rings. The third-order valence-corrected chi connectivity index (χ3v) is 4.43. The zero-order chi connectivity index (χ0) is 18.6. The molecule has 0 aliphatic carbocycles. The van der Waals surface area contributed by atoms with Crippen LogP contribution < -0.4 is 5.32 Å². The highest BCUT2D eigenvalue weighted by atomic mass is 19.1. The number of amides is 1. The topological polar surface area (TPSA) is 69.6 Å². The van der Waals surface area contributed by atoms with E-state index in [9.17, 15) is 23.5 Å². The van der Waals surface area contributed by atoms with Crippen LogP contribution in [0.1, 0.15) is 25.8 Å². The quantitative estimate of drug-likeness (QED) is 0.820. The minimum Gasteiger partial charge on any atom is -0.481 e. The molecule has 7 heteroatoms. The first-order valence-electron chi connectivity index (χ1n) is 8.43. The number of carboxylic acids is 1. The van der Waals surface area contributed by atoms with E-state index in [1.807, 2.05) is 11.8 Å². The Hall–Kier alpha value is -2.02. The van der Waals surface area contributed by atoms with Crippen LogP contribution in [0.3, 0.4) is 0 Å². The highest BCUT2D eigenvalue weighted by Gasteiger charge is 2.30. The minimum absolute atomic E-state index is 0.0483. The lowest BCUT2D eigenvalue weighted by Crippen LogP contribution is -2.48. The maximum absolute atomic E-state index is 13.7. The normalized spacial score (nSPS) is 22.4. The molecule has 1 heterocycles. The molecule has 0 radical (unpaired) electrons. The van der Waals surface area contributed by atoms with Crippen molar-refractivity contribution in [2.45, 2.75) is 32.7 Å². The molecule has 1 fully saturated rings. The summed E-state index contributed by atoms with van der Waals surface area (Å²) in [5.41, 5.74) is -0.0483. The van der Waals surface area contributed by atoms with Crippen molar-refractivity contribution in [2.75, 3.05) is 19.6 Å². The van der Waals surface area contributed by atoms with Gasteiger partial charge in [0.25, 0.3) is 0 Å². The van der Waals surface area contributed by atoms with Gasteiger partial charge in [0.1, 0.15) is 11.6 Å². The van der Waals surface area contributed by atoms with E-state index >= 15 is 0 Å². The van der Waals surface area contributed by atoms with Gasteiger partial charge in [-0.3, -0.25) is 14.5 Å². The van der Waals surface area contributed by atoms with Crippen LogP contribution in [0.15, 0.2) is 18.2 Å². The van der Waals surface area contributed by atoms with Crippen LogP contribution >= 0.6 is 0 Å². The average molecular weight is 354 g/mol. The summed E-state index contributed by atoms with van der Waals surface area (Å²) in [6.45, 7) is 4.72. The fraction of sp³-hybridized carbons (Fsp3) is 0.556. The van der Waals surface area contributed by atoms with Crippen molar-refractivity contribution < 1.29 is 23.5 Å². The highest BCUT2D eigenvalue weighted by molar-refractivity contribution is 5.78. The van der Waals surface area contributed by atoms with Crippen LogP contribution in [-0.2, 0) is 16.0 Å². The number of piperidine rings is 1. The molecule has 2 N–H and O–H groups in total. The van der Waals surface area contributed by atoms with Gasteiger partial charge < -0.3 is 10.4 Å². The number of carboxylic acid groups (broad SMARTS) is 1. The van der Waals surface area contributed by atoms with Gasteiger partial charge in [-0.2, -0.15) is 0 Å². The number of likely N-dealkylation sites (tertiary alicyclic amines) is 1. The third kappa shape index (κ3) is 5.49. The third-order valence-electron chi connectivity index (χ3n) is 4.43. The second-order valence-corrected chi connectivity index (χ2v) is 6.94. The van der Waals surface area contributed by atoms with Gasteiger partial charge >= 0.3 is 5.97 Å². The lowest BCUT2D eigenvalue weighted by molar-refractivity contribution is -0.145. The zero-order valence-electron chi connectivity index (χ0n) is 14.5. The Bertz CT molecular complexity index is 618. The molecule has 3 unspecified atom stereocenters. The lowest BCUT2D eigenvalue weighted by Gasteiger charge is -2.34. The number of halogens is 2. The van der Waals surface area contributed by atoms with Crippen molar-refractivity contribution in [3.05, 3.63) is 35.4 Å². The molecule has 0 aromatic heterocycles. The number of nitrogens with one attached hydrogen (secondary N) is 1. The monoisotopic (exact) mass is 354 g/mol. The molecule has 1 amide bonds. The van der Waals surface area contributed by atoms with Crippen molar-refractivity contribution in [3.8, 4) is 0 Å². The second kappa shape index (κ2) is 8.38. The van der Waals surface area contributed by atoms with Gasteiger partial charge in [0.05, 0.1) is 12.5 Å². The van der Waals surface area contributed by atoms with E-state index in [1.165, 1.54) is 18.2 Å². The summed E-state index contributed by atoms with van der Waals surface area (Å²) in [6.07, 6.45) is 0.662. The van der Waals surface area contributed by atoms with Crippen LogP contribution in [0.2, 0.25) is 0 Å². The van der Waals surface area contributed by atoms with E-state index in [2.05, 4.69) is 5.32 Å². The molecule has 3 atom stereocenters. The summed E-state index contributed by atoms with van der Waals surface area (Å²) in [7, 11) is 0. The number of benzene rings is 1. The number of hydrogen-bond acceptors (Lipinski definition) is 3. The predicted octanol–water partition coefficient (Wildman–Crippen LogP) is 2.05. The fourth-order valence-corrected chi connectivity index (χ4v) is 3.38. The molecule has 1 saturated heterocycles. The van der Waals surface area contributed by atoms with Crippen molar-refractivity contribution in [3.63, 3.8) is 0 Å². The maximum atomic E-state index is 13.7. The van der Waals surface area contributed by atoms with Crippen LogP contribution in [0.25, 0.3) is 0 Å². The van der Waals surface area contributed by atoms with E-state index < -0.39 is 29.6 Å². The predicted molar refractivity (Wildman–Crippen MR) is 89.0 cm³/mol. The molecule has 138 valence electrons. The summed E-state index contributed by atoms with van der Waals surface area (Å²) in [6, 6.07) is 3.24. The molecular weight excluding hydrogens is 330 g/mol. The summed E-state index contributed by atoms with van der Waals surface area (Å²) < 4.78 is 27.3. The Morgan fingerprint density at radius 2 is 1.96 bits per heavy atom. The molecule has 0 saturated carbocycles. The number of nitrogens with zero attached hydrogens (tertiary/aromatic N) is 1. The number of hydrogen-bond donors (Lipinski definition) is 2. The second-order valence-electron chi connectivity index (χ2n) is 6.94. The number of carbonyl (C=O) groups is 2. The molecule has 5 nitrogen and oxygen atoms in total. The molecule has 0 bridgehead atoms. The van der Waals surface area contributed by atoms with E-state index in [0.29, 0.717) is 19.5 Å². The van der Waals surface area contributed by atoms with Crippen LogP contribution in [0, 0.1) is 23.5 Å². The van der Waals surface area contributed by atoms with Gasteiger partial charge in [0.15, 0.2) is 0 Å². The molecule has 25 heavy (non-hydrogen) atoms. The molecule has 2 rings (SSSR count). The average Bonchev–Trinajstić information content (AvgIpc) is 2.50. The van der Waals surface area contributed by atoms with Gasteiger partial charge in [-0.1, -0.05) is 13.0 Å². The van der Waals surface area contributed by atoms with Crippen molar-refractivity contribution in [2.24, 2.45) is 11.8 Å². The number of aliphatic carboxylic acids is 1. The standard InChI is InChI=1S/C18H24F2N2O3/c1-11-6-13(18(24)25)9-22(8-11)10-17(23)21-12(2)7-14-15(19)4-3-5-16(14)20/h3-5,11-13H,6-10H2,1-2H3,(H,21,23)(H,24,25). The van der Waals surface area contributed by atoms with Gasteiger partial charge in [-0.15, -0.1) is 0 Å². The first-order chi connectivity index (χ1) is 11.8. The van der Waals surface area contributed by atoms with Crippen molar-refractivity contribution in [1.29, 1.82) is 0 Å². The molecule has 0 spiro atoms. The largest absolute Gasteiger partial charge is 0.481 e. The van der Waals surface area contributed by atoms with Crippen LogP contribution in [0.5, 0.6) is 0 Å². The fourth-order valence-electron chi connectivity index (χ4n) is 3.38. The first-order valence-corrected chi connectivity index (χ1v) is 8.43. The van der Waals surface area contributed by atoms with Crippen molar-refractivity contribution >= 4 is 11.9 Å². The summed E-state index contributed by atoms with van der Waals surface area (Å²) in [5.74, 6) is -2.65. The van der Waals surface area contributed by atoms with E-state index in [-0.39, 0.29) is 30.4 Å². The van der Waals surface area contributed by atoms with Crippen LogP contribution in [0.4, 0.5) is 8.78 Å². The minimum atomic E-state index is -0.847. The number of rotatable bonds is 6. The van der Waals surface area contributed by atoms with Gasteiger partial charge in [-0.25, -0.2) is 8.78 Å². The summed E-state index contributed by atoms with van der Waals surface area (Å²) in [4.78, 5) is 25.2. The van der Waals surface area contributed by atoms with Gasteiger partial charge in [-0.05, 0) is 37.8 Å². The Labute approximate surface area is 146 Å². The van der Waals surface area contributed by atoms with E-state index in [0.717, 1.165) is 0 Å². The molecule has 1 aliphatic rings. The zero-order valence-corrected chi connectivity index (χ0v) is 14.5. The van der Waals surface area contributed by atoms with Crippen LogP contribution in [-0.4, -0.2) is 47.6 Å². The Kier molecular flexibility index (Phi) is 6.47. The summed E-state index contributed by atoms with van der Waals surface area (Å²) >= 11 is 0. The molecule has 1 aromatic carbocycles. The number of carbonyl (C=O) groups excluding carboxylic acids is 1. The summed E-state index contributed by atoms with van der Waals surface area (Å²) in [5, 5.41) is 11.9. The smallest absolute Gasteiger partial charge is 0.307 e. The van der Waals surface area contributed by atoms with Gasteiger partial charge in [0.2, 0.25) is 5.91 Å².